The molecule has 0 saturated carbocycles. The first-order valence-corrected chi connectivity index (χ1v) is 29.6. The maximum atomic E-state index is 6.93. The molecule has 0 bridgehead atoms. The van der Waals surface area contributed by atoms with Crippen LogP contribution in [-0.2, 0) is 0 Å². The van der Waals surface area contributed by atoms with Crippen LogP contribution in [0, 0.1) is 0 Å². The van der Waals surface area contributed by atoms with E-state index in [1.54, 1.807) is 0 Å². The molecule has 0 heterocycles. The van der Waals surface area contributed by atoms with E-state index in [0.717, 1.165) is 14.7 Å². The van der Waals surface area contributed by atoms with Crippen LogP contribution in [0.5, 0.6) is 0 Å². The van der Waals surface area contributed by atoms with Crippen molar-refractivity contribution in [2.75, 3.05) is 37.5 Å². The van der Waals surface area contributed by atoms with Crippen LogP contribution >= 0.6 is 84.3 Å². The fraction of sp³-hybridized carbons (Fsp3) is 0.500. The highest BCUT2D eigenvalue weighted by molar-refractivity contribution is 8.92. The Balaban J connectivity index is -0.000000614. The Labute approximate surface area is 315 Å². The number of benzene rings is 3. The molecule has 0 aliphatic rings. The molecule has 0 unspecified atom stereocenters. The number of hydrogen-bond acceptors (Lipinski definition) is 0. The summed E-state index contributed by atoms with van der Waals surface area (Å²) >= 11 is 0. The van der Waals surface area contributed by atoms with E-state index >= 15 is 0 Å². The van der Waals surface area contributed by atoms with Crippen molar-refractivity contribution in [1.29, 1.82) is 0 Å². The van der Waals surface area contributed by atoms with Gasteiger partial charge in [-0.25, -0.2) is 0 Å². The van der Waals surface area contributed by atoms with E-state index in [4.69, 9.17) is 64.1 Å². The van der Waals surface area contributed by atoms with E-state index in [1.807, 2.05) is 129 Å². The van der Waals surface area contributed by atoms with E-state index in [2.05, 4.69) is 62.3 Å². The lowest BCUT2D eigenvalue weighted by atomic mass is 10.3. The molecule has 0 radical (unpaired) electrons. The molecule has 0 aromatic heterocycles. The Hall–Kier alpha value is 0.240. The maximum Gasteiger partial charge on any atom is 0.00524 e. The molecule has 3 aromatic carbocycles. The van der Waals surface area contributed by atoms with E-state index in [1.165, 1.54) is 0 Å². The van der Waals surface area contributed by atoms with Gasteiger partial charge in [-0.3, -0.25) is 14.1 Å². The van der Waals surface area contributed by atoms with Crippen LogP contribution in [0.1, 0.15) is 62.3 Å². The third kappa shape index (κ3) is 9.61. The summed E-state index contributed by atoms with van der Waals surface area (Å²) in [7, 11) is 41.6. The summed E-state index contributed by atoms with van der Waals surface area (Å²) in [5.41, 5.74) is 0. The second kappa shape index (κ2) is 13.3. The van der Waals surface area contributed by atoms with Crippen molar-refractivity contribution in [1.82, 2.24) is 0 Å². The lowest BCUT2D eigenvalue weighted by Crippen LogP contribution is -2.40. The first kappa shape index (κ1) is 52.6. The van der Waals surface area contributed by atoms with Crippen molar-refractivity contribution < 1.29 is 14.1 Å². The molecule has 3 rings (SSSR count). The van der Waals surface area contributed by atoms with Gasteiger partial charge in [0.1, 0.15) is 0 Å². The Morgan fingerprint density at radius 2 is 0.438 bits per heavy atom. The molecule has 0 fully saturated rings. The summed E-state index contributed by atoms with van der Waals surface area (Å²) in [5, 5.41) is 0. The maximum absolute atomic E-state index is 6.93. The molecule has 288 valence electrons. The molecule has 12 heteroatoms. The molecule has 0 nitrogen and oxygen atoms in total. The van der Waals surface area contributed by atoms with Gasteiger partial charge in [0.05, 0.1) is 0 Å². The minimum absolute atomic E-state index is 0. The molecule has 48 heavy (non-hydrogen) atoms. The van der Waals surface area contributed by atoms with Gasteiger partial charge in [-0.15, -0.1) is 20.2 Å². The number of halogens is 9. The highest BCUT2D eigenvalue weighted by Gasteiger charge is 2.61. The largest absolute Gasteiger partial charge is 0.269 e. The highest BCUT2D eigenvalue weighted by Crippen LogP contribution is 3.04. The van der Waals surface area contributed by atoms with Crippen molar-refractivity contribution >= 4 is 84.3 Å². The highest BCUT2D eigenvalue weighted by atomic mass is 36.0. The monoisotopic (exact) mass is 858 g/mol. The zero-order chi connectivity index (χ0) is 36.1. The van der Waals surface area contributed by atoms with E-state index in [9.17, 15) is 0 Å². The van der Waals surface area contributed by atoms with Gasteiger partial charge in [-0.1, -0.05) is 181 Å². The quantitative estimate of drug-likeness (QED) is 0.246. The zero-order valence-electron chi connectivity index (χ0n) is 31.4. The van der Waals surface area contributed by atoms with E-state index in [0.29, 0.717) is 0 Å². The van der Waals surface area contributed by atoms with Gasteiger partial charge >= 0.3 is 0 Å². The molecule has 0 aliphatic carbocycles. The minimum atomic E-state index is -3.26. The third-order valence-electron chi connectivity index (χ3n) is 10.5. The smallest absolute Gasteiger partial charge is 0.00524 e. The predicted molar refractivity (Wildman–Crippen MR) is 234 cm³/mol. The first-order valence-electron chi connectivity index (χ1n) is 14.8. The van der Waals surface area contributed by atoms with Crippen LogP contribution in [0.25, 0.3) is 0 Å². The summed E-state index contributed by atoms with van der Waals surface area (Å²) in [5.74, 6) is 0. The molecule has 0 spiro atoms. The molecule has 0 amide bonds. The van der Waals surface area contributed by atoms with Crippen LogP contribution < -0.4 is 0 Å². The topological polar surface area (TPSA) is 0 Å². The van der Waals surface area contributed by atoms with E-state index < -0.39 is 20.2 Å². The van der Waals surface area contributed by atoms with Crippen LogP contribution in [0.15, 0.2) is 106 Å². The van der Waals surface area contributed by atoms with Crippen LogP contribution in [0.3, 0.4) is 0 Å². The SMILES string of the molecule is CC(C)(C)S(C)(C)(Cl)(Cl)c1ccccc1.CC(C)(C)S(C)(C)(Cl)(Cl)c1ccccc1.CC(C)(C)S(C)(C)(Cl)(Cl)c1ccccc1.F.F.F. The molecule has 3 aromatic rings. The van der Waals surface area contributed by atoms with Gasteiger partial charge in [0.2, 0.25) is 0 Å². The molecule has 0 saturated heterocycles. The molecule has 0 atom stereocenters. The lowest BCUT2D eigenvalue weighted by Gasteiger charge is -2.72. The Morgan fingerprint density at radius 1 is 0.312 bits per heavy atom. The second-order valence-corrected chi connectivity index (χ2v) is 57.0. The Morgan fingerprint density at radius 3 is 0.542 bits per heavy atom. The van der Waals surface area contributed by atoms with Gasteiger partial charge in [-0.05, 0) is 73.9 Å². The van der Waals surface area contributed by atoms with Gasteiger partial charge < -0.3 is 0 Å². The average molecular weight is 862 g/mol. The van der Waals surface area contributed by atoms with Crippen molar-refractivity contribution in [3.63, 3.8) is 0 Å². The van der Waals surface area contributed by atoms with E-state index in [-0.39, 0.29) is 28.4 Å². The fourth-order valence-corrected chi connectivity index (χ4v) is 10.8. The summed E-state index contributed by atoms with van der Waals surface area (Å²) < 4.78 is -0.528. The summed E-state index contributed by atoms with van der Waals surface area (Å²) in [4.78, 5) is 3.11. The normalized spacial score (nSPS) is 16.9. The lowest BCUT2D eigenvalue weighted by molar-refractivity contribution is 0.778. The number of rotatable bonds is 3. The summed E-state index contributed by atoms with van der Waals surface area (Å²) in [6.45, 7) is 9.12. The second-order valence-electron chi connectivity index (χ2n) is 17.2. The first-order chi connectivity index (χ1) is 19.2. The van der Waals surface area contributed by atoms with Gasteiger partial charge in [0.25, 0.3) is 0 Å². The molecule has 0 N–H and O–H groups in total. The zero-order valence-corrected chi connectivity index (χ0v) is 38.4. The number of hydrogen-bond donors (Lipinski definition) is 0. The summed E-state index contributed by atoms with van der Waals surface area (Å²) in [6, 6.07) is 30.0. The predicted octanol–water partition coefficient (Wildman–Crippen LogP) is 16.3. The molecule has 0 aliphatic heterocycles. The molecular weight excluding hydrogens is 798 g/mol. The van der Waals surface area contributed by atoms with Crippen molar-refractivity contribution in [3.8, 4) is 0 Å². The van der Waals surface area contributed by atoms with Crippen molar-refractivity contribution in [2.45, 2.75) is 91.2 Å². The Bertz CT molecular complexity index is 1300. The molecular formula is C36H63Cl6F3S3. The summed E-state index contributed by atoms with van der Waals surface area (Å²) in [6.07, 6.45) is 12.0. The van der Waals surface area contributed by atoms with Crippen LogP contribution in [0.4, 0.5) is 14.1 Å². The van der Waals surface area contributed by atoms with Gasteiger partial charge in [-0.2, -0.15) is 0 Å². The Kier molecular flexibility index (Phi) is 14.5. The average Bonchev–Trinajstić information content (AvgIpc) is 2.83. The van der Waals surface area contributed by atoms with Crippen molar-refractivity contribution in [3.05, 3.63) is 91.0 Å². The third-order valence-corrected chi connectivity index (χ3v) is 39.4. The standard InChI is InChI=1S/3C12H20Cl2S.3FH/c3*1-12(2,3)15(4,5,13,14)11-9-7-6-8-10-11;;;/h3*6-10H,1-5H3;3*1H. The van der Waals surface area contributed by atoms with Crippen LogP contribution in [-0.4, -0.2) is 51.8 Å². The van der Waals surface area contributed by atoms with Crippen molar-refractivity contribution in [2.24, 2.45) is 0 Å². The fourth-order valence-electron chi connectivity index (χ4n) is 3.65. The van der Waals surface area contributed by atoms with Crippen LogP contribution in [0.2, 0.25) is 0 Å². The van der Waals surface area contributed by atoms with Gasteiger partial charge in [0.15, 0.2) is 0 Å². The minimum Gasteiger partial charge on any atom is -0.269 e. The van der Waals surface area contributed by atoms with Gasteiger partial charge in [0, 0.05) is 28.9 Å².